The fraction of sp³-hybridized carbons (Fsp3) is 0.0952. The Labute approximate surface area is 154 Å². The van der Waals surface area contributed by atoms with Gasteiger partial charge in [-0.15, -0.1) is 0 Å². The van der Waals surface area contributed by atoms with Crippen LogP contribution in [-0.4, -0.2) is 21.6 Å². The number of aryl methyl sites for hydroxylation is 1. The van der Waals surface area contributed by atoms with Crippen LogP contribution in [0.15, 0.2) is 70.9 Å². The number of pyridine rings is 1. The van der Waals surface area contributed by atoms with E-state index in [0.717, 1.165) is 27.1 Å². The predicted molar refractivity (Wildman–Crippen MR) is 99.0 cm³/mol. The topological polar surface area (TPSA) is 67.0 Å². The van der Waals surface area contributed by atoms with Crippen LogP contribution in [0.5, 0.6) is 0 Å². The second-order valence-corrected chi connectivity index (χ2v) is 6.36. The summed E-state index contributed by atoms with van der Waals surface area (Å²) in [5.41, 5.74) is 4.31. The molecule has 0 fully saturated rings. The standard InChI is InChI=1S/C21H16FN3O2/c1-13-5-6-15(22)12-18(13)19-11-14-3-2-4-17(20(14)24-19)21(26)23-16-7-9-25(27)10-8-16/h2-10,12,27H,11H2,1H3. The molecule has 0 bridgehead atoms. The number of fused-ring (bicyclic) bond motifs is 1. The molecule has 2 aromatic carbocycles. The summed E-state index contributed by atoms with van der Waals surface area (Å²) in [5, 5.41) is 9.70. The van der Waals surface area contributed by atoms with Crippen molar-refractivity contribution in [2.45, 2.75) is 13.3 Å². The molecule has 1 amide bonds. The summed E-state index contributed by atoms with van der Waals surface area (Å²) in [7, 11) is 0. The highest BCUT2D eigenvalue weighted by Gasteiger charge is 2.22. The molecular formula is C21H16FN3O2. The molecule has 0 saturated carbocycles. The van der Waals surface area contributed by atoms with Crippen molar-refractivity contribution in [1.29, 1.82) is 0 Å². The van der Waals surface area contributed by atoms with E-state index in [0.29, 0.717) is 23.0 Å². The average molecular weight is 361 g/mol. The molecule has 5 nitrogen and oxygen atoms in total. The van der Waals surface area contributed by atoms with E-state index in [1.165, 1.54) is 36.7 Å². The zero-order valence-corrected chi connectivity index (χ0v) is 14.6. The van der Waals surface area contributed by atoms with E-state index >= 15 is 0 Å². The molecule has 0 spiro atoms. The van der Waals surface area contributed by atoms with Gasteiger partial charge in [-0.05, 0) is 48.4 Å². The SMILES string of the molecule is Cc1ccc(F)cc1C1=Nc2c(cccc2C(=O)N=c2ccn(O)cc2)C1. The summed E-state index contributed by atoms with van der Waals surface area (Å²) in [6, 6.07) is 13.1. The van der Waals surface area contributed by atoms with E-state index in [9.17, 15) is 14.4 Å². The average Bonchev–Trinajstić information content (AvgIpc) is 3.09. The van der Waals surface area contributed by atoms with Gasteiger partial charge in [-0.1, -0.05) is 18.2 Å². The van der Waals surface area contributed by atoms with Gasteiger partial charge < -0.3 is 5.21 Å². The van der Waals surface area contributed by atoms with Crippen molar-refractivity contribution in [1.82, 2.24) is 4.73 Å². The third-order valence-corrected chi connectivity index (χ3v) is 4.49. The third kappa shape index (κ3) is 3.29. The van der Waals surface area contributed by atoms with Crippen LogP contribution in [0.3, 0.4) is 0 Å². The van der Waals surface area contributed by atoms with Crippen LogP contribution in [-0.2, 0) is 6.42 Å². The molecule has 1 N–H and O–H groups in total. The first kappa shape index (κ1) is 16.9. The van der Waals surface area contributed by atoms with Gasteiger partial charge in [0.15, 0.2) is 0 Å². The van der Waals surface area contributed by atoms with E-state index in [2.05, 4.69) is 9.98 Å². The second kappa shape index (κ2) is 6.64. The predicted octanol–water partition coefficient (Wildman–Crippen LogP) is 3.59. The van der Waals surface area contributed by atoms with Crippen LogP contribution in [0.25, 0.3) is 0 Å². The van der Waals surface area contributed by atoms with Gasteiger partial charge in [-0.3, -0.25) is 9.79 Å². The summed E-state index contributed by atoms with van der Waals surface area (Å²) < 4.78 is 14.5. The molecule has 0 radical (unpaired) electrons. The third-order valence-electron chi connectivity index (χ3n) is 4.49. The number of carbonyl (C=O) groups is 1. The number of nitrogens with zero attached hydrogens (tertiary/aromatic N) is 3. The number of rotatable bonds is 2. The van der Waals surface area contributed by atoms with Gasteiger partial charge in [0.25, 0.3) is 5.91 Å². The maximum atomic E-state index is 13.7. The zero-order chi connectivity index (χ0) is 19.0. The molecule has 0 atom stereocenters. The van der Waals surface area contributed by atoms with Gasteiger partial charge in [0.05, 0.1) is 22.3 Å². The molecule has 1 aliphatic rings. The summed E-state index contributed by atoms with van der Waals surface area (Å²) in [5.74, 6) is -0.728. The number of hydrogen-bond donors (Lipinski definition) is 1. The van der Waals surface area contributed by atoms with Gasteiger partial charge in [0.2, 0.25) is 0 Å². The molecule has 1 aliphatic heterocycles. The van der Waals surface area contributed by atoms with Gasteiger partial charge in [0.1, 0.15) is 5.82 Å². The van der Waals surface area contributed by atoms with E-state index in [-0.39, 0.29) is 5.82 Å². The molecule has 0 unspecified atom stereocenters. The van der Waals surface area contributed by atoms with Gasteiger partial charge in [0, 0.05) is 24.4 Å². The molecule has 134 valence electrons. The first-order valence-corrected chi connectivity index (χ1v) is 8.44. The van der Waals surface area contributed by atoms with Crippen molar-refractivity contribution < 1.29 is 14.4 Å². The van der Waals surface area contributed by atoms with Crippen LogP contribution in [0.1, 0.15) is 27.0 Å². The lowest BCUT2D eigenvalue weighted by Crippen LogP contribution is -2.08. The number of aromatic nitrogens is 1. The zero-order valence-electron chi connectivity index (χ0n) is 14.6. The van der Waals surface area contributed by atoms with Gasteiger partial charge in [-0.2, -0.15) is 0 Å². The van der Waals surface area contributed by atoms with Crippen molar-refractivity contribution in [3.8, 4) is 0 Å². The number of para-hydroxylation sites is 1. The number of benzene rings is 2. The molecule has 0 aliphatic carbocycles. The van der Waals surface area contributed by atoms with E-state index in [1.54, 1.807) is 18.2 Å². The number of aliphatic imine (C=N–C) groups is 1. The Morgan fingerprint density at radius 1 is 1.19 bits per heavy atom. The highest BCUT2D eigenvalue weighted by Crippen LogP contribution is 2.33. The monoisotopic (exact) mass is 361 g/mol. The van der Waals surface area contributed by atoms with Gasteiger partial charge in [-0.25, -0.2) is 14.1 Å². The molecule has 27 heavy (non-hydrogen) atoms. The molecule has 1 aromatic heterocycles. The van der Waals surface area contributed by atoms with E-state index < -0.39 is 5.91 Å². The normalized spacial score (nSPS) is 12.4. The number of carbonyl (C=O) groups excluding carboxylic acids is 1. The smallest absolute Gasteiger partial charge is 0.279 e. The van der Waals surface area contributed by atoms with Crippen LogP contribution >= 0.6 is 0 Å². The lowest BCUT2D eigenvalue weighted by molar-refractivity contribution is 0.0999. The number of hydrogen-bond acceptors (Lipinski definition) is 3. The summed E-state index contributed by atoms with van der Waals surface area (Å²) in [4.78, 5) is 21.4. The quantitative estimate of drug-likeness (QED) is 0.709. The molecular weight excluding hydrogens is 345 g/mol. The minimum absolute atomic E-state index is 0.314. The summed E-state index contributed by atoms with van der Waals surface area (Å²) in [6.07, 6.45) is 3.33. The Morgan fingerprint density at radius 3 is 2.74 bits per heavy atom. The number of halogens is 1. The Morgan fingerprint density at radius 2 is 1.96 bits per heavy atom. The Kier molecular flexibility index (Phi) is 4.16. The molecule has 3 aromatic rings. The van der Waals surface area contributed by atoms with Crippen molar-refractivity contribution in [3.05, 3.63) is 94.4 Å². The van der Waals surface area contributed by atoms with Crippen molar-refractivity contribution in [3.63, 3.8) is 0 Å². The van der Waals surface area contributed by atoms with Crippen molar-refractivity contribution >= 4 is 17.3 Å². The fourth-order valence-corrected chi connectivity index (χ4v) is 3.12. The summed E-state index contributed by atoms with van der Waals surface area (Å²) >= 11 is 0. The Hall–Kier alpha value is -3.54. The Balaban J connectivity index is 1.75. The fourth-order valence-electron chi connectivity index (χ4n) is 3.12. The Bertz CT molecular complexity index is 1140. The minimum Gasteiger partial charge on any atom is -0.429 e. The first-order valence-electron chi connectivity index (χ1n) is 8.44. The van der Waals surface area contributed by atoms with E-state index in [4.69, 9.17) is 0 Å². The van der Waals surface area contributed by atoms with Crippen LogP contribution in [0, 0.1) is 12.7 Å². The van der Waals surface area contributed by atoms with Gasteiger partial charge >= 0.3 is 0 Å². The lowest BCUT2D eigenvalue weighted by Gasteiger charge is -2.05. The number of amides is 1. The molecule has 2 heterocycles. The summed E-state index contributed by atoms with van der Waals surface area (Å²) in [6.45, 7) is 1.91. The first-order chi connectivity index (χ1) is 13.0. The van der Waals surface area contributed by atoms with Crippen LogP contribution in [0.2, 0.25) is 0 Å². The lowest BCUT2D eigenvalue weighted by atomic mass is 9.99. The van der Waals surface area contributed by atoms with Crippen molar-refractivity contribution in [2.24, 2.45) is 9.98 Å². The molecule has 6 heteroatoms. The van der Waals surface area contributed by atoms with Crippen molar-refractivity contribution in [2.75, 3.05) is 0 Å². The second-order valence-electron chi connectivity index (χ2n) is 6.36. The maximum absolute atomic E-state index is 13.7. The highest BCUT2D eigenvalue weighted by molar-refractivity contribution is 6.11. The largest absolute Gasteiger partial charge is 0.429 e. The van der Waals surface area contributed by atoms with E-state index in [1.807, 2.05) is 13.0 Å². The highest BCUT2D eigenvalue weighted by atomic mass is 19.1. The van der Waals surface area contributed by atoms with Crippen LogP contribution in [0.4, 0.5) is 10.1 Å². The molecule has 4 rings (SSSR count). The van der Waals surface area contributed by atoms with Crippen LogP contribution < -0.4 is 5.36 Å². The maximum Gasteiger partial charge on any atom is 0.279 e. The minimum atomic E-state index is -0.413. The molecule has 0 saturated heterocycles.